The Morgan fingerprint density at radius 3 is 2.39 bits per heavy atom. The smallest absolute Gasteiger partial charge is 0.257 e. The highest BCUT2D eigenvalue weighted by atomic mass is 32.2. The molecule has 1 aromatic heterocycles. The molecule has 0 saturated carbocycles. The molecule has 4 aromatic rings. The number of carbonyl (C=O) groups excluding carboxylic acids is 1. The second kappa shape index (κ2) is 9.98. The van der Waals surface area contributed by atoms with Crippen molar-refractivity contribution in [2.75, 3.05) is 31.6 Å². The highest BCUT2D eigenvalue weighted by molar-refractivity contribution is 7.89. The first-order valence-corrected chi connectivity index (χ1v) is 13.5. The van der Waals surface area contributed by atoms with E-state index in [9.17, 15) is 13.2 Å². The van der Waals surface area contributed by atoms with Crippen LogP contribution in [0, 0.1) is 0 Å². The molecule has 2 N–H and O–H groups in total. The number of ether oxygens (including phenoxy) is 1. The molecule has 0 bridgehead atoms. The van der Waals surface area contributed by atoms with Crippen molar-refractivity contribution < 1.29 is 17.9 Å². The fourth-order valence-electron chi connectivity index (χ4n) is 4.52. The van der Waals surface area contributed by atoms with E-state index in [-0.39, 0.29) is 10.0 Å². The number of nitrogens with zero attached hydrogens (tertiary/aromatic N) is 2. The lowest BCUT2D eigenvalue weighted by Crippen LogP contribution is -2.40. The summed E-state index contributed by atoms with van der Waals surface area (Å²) in [5.41, 5.74) is 3.37. The number of nitrogens with one attached hydrogen (secondary N) is 2. The molecule has 1 fully saturated rings. The van der Waals surface area contributed by atoms with Crippen LogP contribution >= 0.6 is 12.2 Å². The molecule has 36 heavy (non-hydrogen) atoms. The average molecular weight is 523 g/mol. The van der Waals surface area contributed by atoms with E-state index in [2.05, 4.69) is 34.3 Å². The van der Waals surface area contributed by atoms with Crippen molar-refractivity contribution in [3.63, 3.8) is 0 Å². The largest absolute Gasteiger partial charge is 0.379 e. The van der Waals surface area contributed by atoms with E-state index < -0.39 is 15.9 Å². The summed E-state index contributed by atoms with van der Waals surface area (Å²) in [6.45, 7) is 4.35. The first kappa shape index (κ1) is 24.4. The van der Waals surface area contributed by atoms with Gasteiger partial charge in [-0.25, -0.2) is 8.42 Å². The number of hydrogen-bond donors (Lipinski definition) is 2. The van der Waals surface area contributed by atoms with Gasteiger partial charge in [0.2, 0.25) is 10.0 Å². The van der Waals surface area contributed by atoms with Crippen LogP contribution in [0.15, 0.2) is 71.6 Å². The Morgan fingerprint density at radius 1 is 0.972 bits per heavy atom. The van der Waals surface area contributed by atoms with Gasteiger partial charge >= 0.3 is 0 Å². The fourth-order valence-corrected chi connectivity index (χ4v) is 6.14. The zero-order chi connectivity index (χ0) is 25.3. The van der Waals surface area contributed by atoms with Gasteiger partial charge in [-0.1, -0.05) is 18.2 Å². The van der Waals surface area contributed by atoms with Gasteiger partial charge in [-0.15, -0.1) is 0 Å². The van der Waals surface area contributed by atoms with Crippen LogP contribution in [0.4, 0.5) is 5.69 Å². The lowest BCUT2D eigenvalue weighted by atomic mass is 10.1. The second-order valence-corrected chi connectivity index (χ2v) is 10.8. The van der Waals surface area contributed by atoms with Gasteiger partial charge in [0.15, 0.2) is 5.11 Å². The van der Waals surface area contributed by atoms with Gasteiger partial charge in [-0.2, -0.15) is 4.31 Å². The molecule has 0 aliphatic carbocycles. The normalized spacial score (nSPS) is 14.7. The molecule has 0 spiro atoms. The summed E-state index contributed by atoms with van der Waals surface area (Å²) in [6.07, 6.45) is 0. The zero-order valence-corrected chi connectivity index (χ0v) is 21.4. The van der Waals surface area contributed by atoms with Crippen LogP contribution in [0.1, 0.15) is 17.3 Å². The van der Waals surface area contributed by atoms with E-state index in [1.165, 1.54) is 34.1 Å². The van der Waals surface area contributed by atoms with E-state index in [1.54, 1.807) is 0 Å². The topological polar surface area (TPSA) is 92.7 Å². The van der Waals surface area contributed by atoms with E-state index in [0.717, 1.165) is 28.5 Å². The van der Waals surface area contributed by atoms with Crippen molar-refractivity contribution in [1.29, 1.82) is 0 Å². The number of carbonyl (C=O) groups is 1. The number of benzene rings is 3. The van der Waals surface area contributed by atoms with Crippen LogP contribution in [-0.4, -0.2) is 54.6 Å². The van der Waals surface area contributed by atoms with Crippen LogP contribution in [0.2, 0.25) is 0 Å². The molecule has 10 heteroatoms. The molecule has 5 rings (SSSR count). The molecule has 186 valence electrons. The molecule has 0 atom stereocenters. The number of anilines is 1. The number of morpholine rings is 1. The highest BCUT2D eigenvalue weighted by Crippen LogP contribution is 2.31. The number of hydrogen-bond acceptors (Lipinski definition) is 5. The van der Waals surface area contributed by atoms with Crippen LogP contribution in [0.5, 0.6) is 0 Å². The summed E-state index contributed by atoms with van der Waals surface area (Å²) in [7, 11) is -3.62. The number of rotatable bonds is 5. The summed E-state index contributed by atoms with van der Waals surface area (Å²) in [4.78, 5) is 12.9. The van der Waals surface area contributed by atoms with Gasteiger partial charge in [0.1, 0.15) is 0 Å². The van der Waals surface area contributed by atoms with Gasteiger partial charge in [0.05, 0.1) is 18.1 Å². The van der Waals surface area contributed by atoms with E-state index in [0.29, 0.717) is 31.9 Å². The quantitative estimate of drug-likeness (QED) is 0.386. The van der Waals surface area contributed by atoms with Gasteiger partial charge in [0.25, 0.3) is 5.91 Å². The second-order valence-electron chi connectivity index (χ2n) is 8.44. The number of aromatic nitrogens is 1. The molecular weight excluding hydrogens is 496 g/mol. The maximum atomic E-state index is 12.8. The van der Waals surface area contributed by atoms with E-state index >= 15 is 0 Å². The number of fused-ring (bicyclic) bond motifs is 3. The maximum Gasteiger partial charge on any atom is 0.257 e. The van der Waals surface area contributed by atoms with Crippen LogP contribution in [0.25, 0.3) is 21.8 Å². The Bertz CT molecular complexity index is 1560. The van der Waals surface area contributed by atoms with Crippen molar-refractivity contribution in [2.24, 2.45) is 0 Å². The number of aryl methyl sites for hydroxylation is 1. The number of thiocarbonyl (C=S) groups is 1. The van der Waals surface area contributed by atoms with E-state index in [1.807, 2.05) is 30.3 Å². The molecule has 1 amide bonds. The zero-order valence-electron chi connectivity index (χ0n) is 19.7. The maximum absolute atomic E-state index is 12.8. The first-order chi connectivity index (χ1) is 17.4. The van der Waals surface area contributed by atoms with Crippen LogP contribution in [-0.2, 0) is 21.3 Å². The Labute approximate surface area is 214 Å². The Morgan fingerprint density at radius 2 is 1.67 bits per heavy atom. The van der Waals surface area contributed by atoms with Gasteiger partial charge in [-0.3, -0.25) is 10.1 Å². The third-order valence-corrected chi connectivity index (χ3v) is 8.41. The number of amides is 1. The van der Waals surface area contributed by atoms with Crippen LogP contribution < -0.4 is 10.6 Å². The SMILES string of the molecule is CCn1c2ccccc2c2cc(NC(=S)NC(=O)c3ccc(S(=O)(=O)N4CCOCC4)cc3)ccc21. The minimum absolute atomic E-state index is 0.140. The van der Waals surface area contributed by atoms with Crippen molar-refractivity contribution in [2.45, 2.75) is 18.4 Å². The number of sulfonamides is 1. The van der Waals surface area contributed by atoms with Gasteiger partial charge < -0.3 is 14.6 Å². The van der Waals surface area contributed by atoms with Crippen molar-refractivity contribution in [3.8, 4) is 0 Å². The summed E-state index contributed by atoms with van der Waals surface area (Å²) in [5, 5.41) is 8.16. The molecule has 1 aliphatic rings. The third-order valence-electron chi connectivity index (χ3n) is 6.30. The first-order valence-electron chi connectivity index (χ1n) is 11.7. The molecule has 2 heterocycles. The van der Waals surface area contributed by atoms with E-state index in [4.69, 9.17) is 17.0 Å². The third kappa shape index (κ3) is 4.60. The molecule has 0 unspecified atom stereocenters. The minimum Gasteiger partial charge on any atom is -0.379 e. The van der Waals surface area contributed by atoms with Crippen molar-refractivity contribution >= 4 is 60.8 Å². The standard InChI is InChI=1S/C26H26N4O4S2/c1-2-30-23-6-4-3-5-21(23)22-17-19(9-12-24(22)30)27-26(35)28-25(31)18-7-10-20(11-8-18)36(32,33)29-13-15-34-16-14-29/h3-12,17H,2,13-16H2,1H3,(H2,27,28,31,35). The summed E-state index contributed by atoms with van der Waals surface area (Å²) in [6, 6.07) is 20.1. The molecule has 8 nitrogen and oxygen atoms in total. The predicted octanol–water partition coefficient (Wildman–Crippen LogP) is 3.96. The van der Waals surface area contributed by atoms with Crippen LogP contribution in [0.3, 0.4) is 0 Å². The Kier molecular flexibility index (Phi) is 6.76. The average Bonchev–Trinajstić information content (AvgIpc) is 3.22. The lowest BCUT2D eigenvalue weighted by Gasteiger charge is -2.26. The molecule has 1 aliphatic heterocycles. The molecular formula is C26H26N4O4S2. The monoisotopic (exact) mass is 522 g/mol. The Hall–Kier alpha value is -3.31. The lowest BCUT2D eigenvalue weighted by molar-refractivity contribution is 0.0730. The molecule has 0 radical (unpaired) electrons. The molecule has 1 saturated heterocycles. The minimum atomic E-state index is -3.62. The summed E-state index contributed by atoms with van der Waals surface area (Å²) >= 11 is 5.37. The van der Waals surface area contributed by atoms with Gasteiger partial charge in [-0.05, 0) is 67.7 Å². The summed E-state index contributed by atoms with van der Waals surface area (Å²) < 4.78 is 34.4. The number of para-hydroxylation sites is 1. The molecule has 3 aromatic carbocycles. The highest BCUT2D eigenvalue weighted by Gasteiger charge is 2.26. The van der Waals surface area contributed by atoms with Crippen molar-refractivity contribution in [3.05, 3.63) is 72.3 Å². The fraction of sp³-hybridized carbons (Fsp3) is 0.231. The van der Waals surface area contributed by atoms with Crippen molar-refractivity contribution in [1.82, 2.24) is 14.2 Å². The predicted molar refractivity (Wildman–Crippen MR) is 145 cm³/mol. The summed E-state index contributed by atoms with van der Waals surface area (Å²) in [5.74, 6) is -0.425. The Balaban J connectivity index is 1.28. The van der Waals surface area contributed by atoms with Gasteiger partial charge in [0, 0.05) is 52.7 Å².